The van der Waals surface area contributed by atoms with Crippen LogP contribution in [0, 0.1) is 6.92 Å². The number of nitrogens with zero attached hydrogens (tertiary/aromatic N) is 4. The molecule has 1 fully saturated rings. The second-order valence-electron chi connectivity index (χ2n) is 7.61. The lowest BCUT2D eigenvalue weighted by Crippen LogP contribution is -2.18. The molecule has 1 amide bonds. The molecule has 1 aliphatic heterocycles. The molecule has 4 rings (SSSR count). The summed E-state index contributed by atoms with van der Waals surface area (Å²) in [4.78, 5) is 12.1. The van der Waals surface area contributed by atoms with Gasteiger partial charge in [-0.1, -0.05) is 19.0 Å². The van der Waals surface area contributed by atoms with Crippen LogP contribution in [0.15, 0.2) is 28.9 Å². The highest BCUT2D eigenvalue weighted by atomic mass is 16.6. The van der Waals surface area contributed by atoms with E-state index in [-0.39, 0.29) is 30.5 Å². The van der Waals surface area contributed by atoms with E-state index >= 15 is 0 Å². The molecule has 2 atom stereocenters. The van der Waals surface area contributed by atoms with E-state index in [1.165, 1.54) is 0 Å². The van der Waals surface area contributed by atoms with E-state index in [9.17, 15) is 4.79 Å². The minimum Gasteiger partial charge on any atom is -0.471 e. The molecule has 0 spiro atoms. The first kappa shape index (κ1) is 20.0. The van der Waals surface area contributed by atoms with Gasteiger partial charge in [0.2, 0.25) is 11.8 Å². The molecule has 0 bridgehead atoms. The molecule has 10 nitrogen and oxygen atoms in total. The first-order chi connectivity index (χ1) is 14.5. The number of ether oxygens (including phenoxy) is 2. The largest absolute Gasteiger partial charge is 0.471 e. The van der Waals surface area contributed by atoms with Gasteiger partial charge >= 0.3 is 0 Å². The van der Waals surface area contributed by atoms with Gasteiger partial charge in [-0.2, -0.15) is 10.2 Å². The van der Waals surface area contributed by atoms with Crippen molar-refractivity contribution in [2.24, 2.45) is 0 Å². The number of carbonyl (C=O) groups is 1. The first-order valence-corrected chi connectivity index (χ1v) is 9.85. The number of nitrogens with one attached hydrogen (secondary N) is 2. The zero-order valence-corrected chi connectivity index (χ0v) is 17.1. The van der Waals surface area contributed by atoms with Gasteiger partial charge in [0.25, 0.3) is 0 Å². The fraction of sp³-hybridized carbons (Fsp3) is 0.450. The second kappa shape index (κ2) is 8.62. The van der Waals surface area contributed by atoms with Gasteiger partial charge < -0.3 is 19.3 Å². The lowest BCUT2D eigenvalue weighted by molar-refractivity contribution is -0.115. The van der Waals surface area contributed by atoms with Gasteiger partial charge in [-0.15, -0.1) is 5.10 Å². The van der Waals surface area contributed by atoms with Crippen LogP contribution in [0.1, 0.15) is 55.0 Å². The van der Waals surface area contributed by atoms with E-state index < -0.39 is 0 Å². The van der Waals surface area contributed by atoms with Crippen molar-refractivity contribution >= 4 is 11.7 Å². The summed E-state index contributed by atoms with van der Waals surface area (Å²) in [7, 11) is 0. The fourth-order valence-corrected chi connectivity index (χ4v) is 3.33. The maximum atomic E-state index is 12.1. The van der Waals surface area contributed by atoms with E-state index in [0.29, 0.717) is 30.5 Å². The third kappa shape index (κ3) is 4.65. The zero-order valence-electron chi connectivity index (χ0n) is 17.1. The normalized spacial score (nSPS) is 18.7. The molecule has 2 N–H and O–H groups in total. The van der Waals surface area contributed by atoms with Crippen LogP contribution < -0.4 is 10.1 Å². The molecule has 30 heavy (non-hydrogen) atoms. The number of anilines is 1. The number of aromatic amines is 1. The molecule has 0 unspecified atom stereocenters. The Morgan fingerprint density at radius 1 is 1.40 bits per heavy atom. The zero-order chi connectivity index (χ0) is 21.1. The van der Waals surface area contributed by atoms with Crippen LogP contribution in [0.4, 0.5) is 5.82 Å². The van der Waals surface area contributed by atoms with Gasteiger partial charge in [0.15, 0.2) is 5.82 Å². The molecular formula is C20H24N6O4. The lowest BCUT2D eigenvalue weighted by Gasteiger charge is -2.15. The number of carbonyl (C=O) groups excluding carboxylic acids is 1. The maximum absolute atomic E-state index is 12.1. The van der Waals surface area contributed by atoms with Gasteiger partial charge in [-0.05, 0) is 18.9 Å². The van der Waals surface area contributed by atoms with E-state index in [2.05, 4.69) is 44.7 Å². The van der Waals surface area contributed by atoms with E-state index in [1.54, 1.807) is 25.3 Å². The van der Waals surface area contributed by atoms with Gasteiger partial charge in [0.1, 0.15) is 18.0 Å². The molecule has 0 aliphatic carbocycles. The summed E-state index contributed by atoms with van der Waals surface area (Å²) in [5.41, 5.74) is 2.52. The van der Waals surface area contributed by atoms with Gasteiger partial charge in [-0.25, -0.2) is 0 Å². The number of aryl methyl sites for hydroxylation is 1. The standard InChI is InChI=1S/C20H24N6O4/c1-11(2)15-4-5-21-25-20(15)29-14-7-17(28-10-14)16-9-18(24-23-16)22-19(27)8-13-6-12(3)26-30-13/h4-6,9,11,14,17H,7-8,10H2,1-3H3,(H2,22,23,24,27)/t14-,17-/m1/s1. The summed E-state index contributed by atoms with van der Waals surface area (Å²) in [6.45, 7) is 6.41. The van der Waals surface area contributed by atoms with Crippen molar-refractivity contribution in [3.63, 3.8) is 0 Å². The third-order valence-corrected chi connectivity index (χ3v) is 4.80. The van der Waals surface area contributed by atoms with Gasteiger partial charge in [0, 0.05) is 24.1 Å². The SMILES string of the molecule is Cc1cc(CC(=O)Nc2cc([C@H]3C[C@@H](Oc4nnccc4C(C)C)CO3)[nH]n2)on1. The van der Waals surface area contributed by atoms with Crippen molar-refractivity contribution < 1.29 is 18.8 Å². The Hall–Kier alpha value is -3.27. The highest BCUT2D eigenvalue weighted by Gasteiger charge is 2.31. The van der Waals surface area contributed by atoms with Crippen molar-refractivity contribution in [1.29, 1.82) is 0 Å². The van der Waals surface area contributed by atoms with Gasteiger partial charge in [-0.3, -0.25) is 9.89 Å². The summed E-state index contributed by atoms with van der Waals surface area (Å²) in [6, 6.07) is 5.41. The molecule has 1 aliphatic rings. The molecule has 158 valence electrons. The molecule has 0 radical (unpaired) electrons. The summed E-state index contributed by atoms with van der Waals surface area (Å²) < 4.78 is 17.0. The third-order valence-electron chi connectivity index (χ3n) is 4.80. The minimum atomic E-state index is -0.235. The van der Waals surface area contributed by atoms with Crippen LogP contribution in [0.2, 0.25) is 0 Å². The summed E-state index contributed by atoms with van der Waals surface area (Å²) in [5.74, 6) is 1.52. The number of hydrogen-bond donors (Lipinski definition) is 2. The summed E-state index contributed by atoms with van der Waals surface area (Å²) in [6.07, 6.45) is 2.06. The number of rotatable bonds is 7. The molecule has 0 aromatic carbocycles. The number of H-pyrrole nitrogens is 1. The highest BCUT2D eigenvalue weighted by molar-refractivity contribution is 5.91. The summed E-state index contributed by atoms with van der Waals surface area (Å²) in [5, 5.41) is 21.6. The van der Waals surface area contributed by atoms with Crippen molar-refractivity contribution in [3.05, 3.63) is 47.1 Å². The predicted octanol–water partition coefficient (Wildman–Crippen LogP) is 2.71. The monoisotopic (exact) mass is 412 g/mol. The molecule has 10 heteroatoms. The number of amides is 1. The molecule has 3 aromatic rings. The van der Waals surface area contributed by atoms with Crippen LogP contribution in [0.25, 0.3) is 0 Å². The van der Waals surface area contributed by atoms with E-state index in [4.69, 9.17) is 14.0 Å². The van der Waals surface area contributed by atoms with Crippen molar-refractivity contribution in [2.75, 3.05) is 11.9 Å². The molecule has 0 saturated carbocycles. The van der Waals surface area contributed by atoms with Crippen LogP contribution in [-0.2, 0) is 16.0 Å². The topological polar surface area (TPSA) is 128 Å². The molecule has 3 aromatic heterocycles. The quantitative estimate of drug-likeness (QED) is 0.606. The van der Waals surface area contributed by atoms with Crippen LogP contribution in [0.3, 0.4) is 0 Å². The Morgan fingerprint density at radius 2 is 2.27 bits per heavy atom. The predicted molar refractivity (Wildman–Crippen MR) is 106 cm³/mol. The minimum absolute atomic E-state index is 0.0924. The van der Waals surface area contributed by atoms with Crippen molar-refractivity contribution in [3.8, 4) is 5.88 Å². The lowest BCUT2D eigenvalue weighted by atomic mass is 10.1. The Balaban J connectivity index is 1.33. The molecule has 4 heterocycles. The van der Waals surface area contributed by atoms with Crippen LogP contribution >= 0.6 is 0 Å². The number of hydrogen-bond acceptors (Lipinski definition) is 8. The highest BCUT2D eigenvalue weighted by Crippen LogP contribution is 2.32. The van der Waals surface area contributed by atoms with Crippen molar-refractivity contribution in [1.82, 2.24) is 25.6 Å². The first-order valence-electron chi connectivity index (χ1n) is 9.85. The number of aromatic nitrogens is 5. The van der Waals surface area contributed by atoms with Gasteiger partial charge in [0.05, 0.1) is 30.6 Å². The smallest absolute Gasteiger partial charge is 0.237 e. The van der Waals surface area contributed by atoms with E-state index in [0.717, 1.165) is 17.0 Å². The average molecular weight is 412 g/mol. The van der Waals surface area contributed by atoms with Crippen LogP contribution in [-0.4, -0.2) is 44.2 Å². The Kier molecular flexibility index (Phi) is 5.75. The summed E-state index contributed by atoms with van der Waals surface area (Å²) >= 11 is 0. The Morgan fingerprint density at radius 3 is 3.03 bits per heavy atom. The Labute approximate surface area is 173 Å². The van der Waals surface area contributed by atoms with Crippen molar-refractivity contribution in [2.45, 2.75) is 51.7 Å². The Bertz CT molecular complexity index is 1010. The second-order valence-corrected chi connectivity index (χ2v) is 7.61. The fourth-order valence-electron chi connectivity index (χ4n) is 3.33. The molecular weight excluding hydrogens is 388 g/mol. The van der Waals surface area contributed by atoms with Crippen LogP contribution in [0.5, 0.6) is 5.88 Å². The average Bonchev–Trinajstić information content (AvgIpc) is 3.44. The van der Waals surface area contributed by atoms with E-state index in [1.807, 2.05) is 6.07 Å². The molecule has 1 saturated heterocycles. The maximum Gasteiger partial charge on any atom is 0.237 e.